The van der Waals surface area contributed by atoms with Crippen LogP contribution in [0.4, 0.5) is 0 Å². The maximum absolute atomic E-state index is 13.0. The van der Waals surface area contributed by atoms with Crippen LogP contribution < -0.4 is 5.32 Å². The van der Waals surface area contributed by atoms with Crippen LogP contribution >= 0.6 is 23.2 Å². The Labute approximate surface area is 200 Å². The number of carbonyl (C=O) groups excluding carboxylic acids is 1. The minimum Gasteiger partial charge on any atom is -0.349 e. The summed E-state index contributed by atoms with van der Waals surface area (Å²) in [4.78, 5) is 16.9. The van der Waals surface area contributed by atoms with Crippen molar-refractivity contribution >= 4 is 39.1 Å². The summed E-state index contributed by atoms with van der Waals surface area (Å²) in [5.41, 5.74) is 1.02. The summed E-state index contributed by atoms with van der Waals surface area (Å²) in [5.74, 6) is 0.249. The van der Waals surface area contributed by atoms with Crippen LogP contribution in [0.2, 0.25) is 10.2 Å². The number of rotatable bonds is 8. The lowest BCUT2D eigenvalue weighted by molar-refractivity contribution is -0.127. The lowest BCUT2D eigenvalue weighted by Gasteiger charge is -2.31. The number of nitrogens with one attached hydrogen (secondary N) is 1. The SMILES string of the molecule is CC(C)CCC(NC(=O)C1CCN(S(=O)(=O)c2cccnc2Cl)CC1)c1ccc(Cl)cc1. The number of piperidine rings is 1. The number of hydrogen-bond donors (Lipinski definition) is 1. The maximum Gasteiger partial charge on any atom is 0.246 e. The van der Waals surface area contributed by atoms with Crippen LogP contribution in [0.3, 0.4) is 0 Å². The van der Waals surface area contributed by atoms with Gasteiger partial charge in [0.05, 0.1) is 6.04 Å². The lowest BCUT2D eigenvalue weighted by atomic mass is 9.94. The molecule has 3 rings (SSSR count). The van der Waals surface area contributed by atoms with Crippen LogP contribution in [0, 0.1) is 11.8 Å². The summed E-state index contributed by atoms with van der Waals surface area (Å²) in [6.45, 7) is 4.85. The van der Waals surface area contributed by atoms with Crippen molar-refractivity contribution in [3.8, 4) is 0 Å². The highest BCUT2D eigenvalue weighted by molar-refractivity contribution is 7.89. The molecule has 32 heavy (non-hydrogen) atoms. The minimum absolute atomic E-state index is 0.000978. The zero-order valence-corrected chi connectivity index (χ0v) is 20.6. The molecule has 9 heteroatoms. The molecule has 1 amide bonds. The standard InChI is InChI=1S/C23H29Cl2N3O3S/c1-16(2)5-10-20(17-6-8-19(24)9-7-17)27-23(29)18-11-14-28(15-12-18)32(30,31)21-4-3-13-26-22(21)25/h3-4,6-9,13,16,18,20H,5,10-12,14-15H2,1-2H3,(H,27,29). The number of carbonyl (C=O) groups is 1. The van der Waals surface area contributed by atoms with Crippen LogP contribution in [-0.4, -0.2) is 36.7 Å². The van der Waals surface area contributed by atoms with Crippen molar-refractivity contribution in [1.82, 2.24) is 14.6 Å². The van der Waals surface area contributed by atoms with Gasteiger partial charge in [0, 0.05) is 30.2 Å². The Hall–Kier alpha value is -1.67. The van der Waals surface area contributed by atoms with Gasteiger partial charge < -0.3 is 5.32 Å². The normalized spacial score (nSPS) is 16.8. The Morgan fingerprint density at radius 1 is 1.12 bits per heavy atom. The van der Waals surface area contributed by atoms with Crippen LogP contribution in [0.5, 0.6) is 0 Å². The fourth-order valence-electron chi connectivity index (χ4n) is 3.87. The molecule has 0 saturated carbocycles. The third-order valence-electron chi connectivity index (χ3n) is 5.79. The largest absolute Gasteiger partial charge is 0.349 e. The van der Waals surface area contributed by atoms with Crippen molar-refractivity contribution in [2.24, 2.45) is 11.8 Å². The van der Waals surface area contributed by atoms with Crippen LogP contribution in [0.15, 0.2) is 47.5 Å². The van der Waals surface area contributed by atoms with E-state index in [1.807, 2.05) is 24.3 Å². The zero-order chi connectivity index (χ0) is 23.3. The molecule has 1 saturated heterocycles. The number of sulfonamides is 1. The van der Waals surface area contributed by atoms with E-state index in [2.05, 4.69) is 24.1 Å². The molecule has 1 unspecified atom stereocenters. The molecule has 2 aromatic rings. The summed E-state index contributed by atoms with van der Waals surface area (Å²) in [6, 6.07) is 10.5. The topological polar surface area (TPSA) is 79.4 Å². The molecule has 1 fully saturated rings. The maximum atomic E-state index is 13.0. The first kappa shape index (κ1) is 25.0. The van der Waals surface area contributed by atoms with E-state index >= 15 is 0 Å². The molecular weight excluding hydrogens is 469 g/mol. The molecule has 0 radical (unpaired) electrons. The zero-order valence-electron chi connectivity index (χ0n) is 18.3. The Morgan fingerprint density at radius 3 is 2.38 bits per heavy atom. The van der Waals surface area contributed by atoms with Crippen molar-refractivity contribution in [2.75, 3.05) is 13.1 Å². The summed E-state index contributed by atoms with van der Waals surface area (Å²) < 4.78 is 27.2. The van der Waals surface area contributed by atoms with Gasteiger partial charge in [0.15, 0.2) is 0 Å². The van der Waals surface area contributed by atoms with Gasteiger partial charge in [-0.3, -0.25) is 4.79 Å². The number of pyridine rings is 1. The number of nitrogens with zero attached hydrogens (tertiary/aromatic N) is 2. The predicted molar refractivity (Wildman–Crippen MR) is 127 cm³/mol. The summed E-state index contributed by atoms with van der Waals surface area (Å²) in [7, 11) is -3.74. The summed E-state index contributed by atoms with van der Waals surface area (Å²) in [6.07, 6.45) is 4.18. The quantitative estimate of drug-likeness (QED) is 0.515. The summed E-state index contributed by atoms with van der Waals surface area (Å²) in [5, 5.41) is 3.81. The molecule has 1 aliphatic rings. The van der Waals surface area contributed by atoms with Gasteiger partial charge in [-0.15, -0.1) is 0 Å². The van der Waals surface area contributed by atoms with E-state index in [1.165, 1.54) is 16.6 Å². The lowest BCUT2D eigenvalue weighted by Crippen LogP contribution is -2.43. The first-order chi connectivity index (χ1) is 15.2. The average Bonchev–Trinajstić information content (AvgIpc) is 2.77. The predicted octanol–water partition coefficient (Wildman–Crippen LogP) is 5.08. The number of halogens is 2. The second-order valence-corrected chi connectivity index (χ2v) is 11.3. The fraction of sp³-hybridized carbons (Fsp3) is 0.478. The number of aromatic nitrogens is 1. The Bertz CT molecular complexity index is 1020. The van der Waals surface area contributed by atoms with Crippen LogP contribution in [0.25, 0.3) is 0 Å². The molecule has 1 N–H and O–H groups in total. The van der Waals surface area contributed by atoms with Gasteiger partial charge in [-0.1, -0.05) is 49.2 Å². The van der Waals surface area contributed by atoms with E-state index in [1.54, 1.807) is 6.07 Å². The van der Waals surface area contributed by atoms with E-state index < -0.39 is 10.0 Å². The van der Waals surface area contributed by atoms with E-state index in [9.17, 15) is 13.2 Å². The van der Waals surface area contributed by atoms with Crippen molar-refractivity contribution in [2.45, 2.75) is 50.5 Å². The van der Waals surface area contributed by atoms with Crippen LogP contribution in [0.1, 0.15) is 51.1 Å². The van der Waals surface area contributed by atoms with Gasteiger partial charge in [-0.2, -0.15) is 4.31 Å². The fourth-order valence-corrected chi connectivity index (χ4v) is 5.89. The highest BCUT2D eigenvalue weighted by atomic mass is 35.5. The third kappa shape index (κ3) is 6.22. The molecule has 0 spiro atoms. The van der Waals surface area contributed by atoms with E-state index in [4.69, 9.17) is 23.2 Å². The van der Waals surface area contributed by atoms with E-state index in [-0.39, 0.29) is 41.0 Å². The van der Waals surface area contributed by atoms with Crippen molar-refractivity contribution < 1.29 is 13.2 Å². The molecule has 0 aliphatic carbocycles. The van der Waals surface area contributed by atoms with E-state index in [0.717, 1.165) is 18.4 Å². The first-order valence-corrected chi connectivity index (χ1v) is 13.0. The van der Waals surface area contributed by atoms with Gasteiger partial charge >= 0.3 is 0 Å². The molecule has 1 aliphatic heterocycles. The monoisotopic (exact) mass is 497 g/mol. The molecule has 0 bridgehead atoms. The highest BCUT2D eigenvalue weighted by Gasteiger charge is 2.34. The minimum atomic E-state index is -3.74. The van der Waals surface area contributed by atoms with Gasteiger partial charge in [-0.05, 0) is 61.4 Å². The van der Waals surface area contributed by atoms with Gasteiger partial charge in [-0.25, -0.2) is 13.4 Å². The second kappa shape index (κ2) is 11.0. The summed E-state index contributed by atoms with van der Waals surface area (Å²) >= 11 is 12.0. The molecule has 6 nitrogen and oxygen atoms in total. The third-order valence-corrected chi connectivity index (χ3v) is 8.38. The van der Waals surface area contributed by atoms with Crippen molar-refractivity contribution in [3.63, 3.8) is 0 Å². The van der Waals surface area contributed by atoms with Gasteiger partial charge in [0.25, 0.3) is 0 Å². The second-order valence-electron chi connectivity index (χ2n) is 8.55. The highest BCUT2D eigenvalue weighted by Crippen LogP contribution is 2.28. The Morgan fingerprint density at radius 2 is 1.78 bits per heavy atom. The molecular formula is C23H29Cl2N3O3S. The molecule has 1 aromatic heterocycles. The van der Waals surface area contributed by atoms with E-state index in [0.29, 0.717) is 23.8 Å². The van der Waals surface area contributed by atoms with Gasteiger partial charge in [0.2, 0.25) is 15.9 Å². The smallest absolute Gasteiger partial charge is 0.246 e. The van der Waals surface area contributed by atoms with Gasteiger partial charge in [0.1, 0.15) is 10.0 Å². The van der Waals surface area contributed by atoms with Crippen molar-refractivity contribution in [3.05, 3.63) is 58.3 Å². The van der Waals surface area contributed by atoms with Crippen LogP contribution in [-0.2, 0) is 14.8 Å². The molecule has 174 valence electrons. The molecule has 2 heterocycles. The molecule has 1 aromatic carbocycles. The number of hydrogen-bond acceptors (Lipinski definition) is 4. The first-order valence-electron chi connectivity index (χ1n) is 10.8. The number of benzene rings is 1. The number of amides is 1. The molecule has 1 atom stereocenters. The average molecular weight is 498 g/mol. The Balaban J connectivity index is 1.64. The Kier molecular flexibility index (Phi) is 8.55. The van der Waals surface area contributed by atoms with Crippen molar-refractivity contribution in [1.29, 1.82) is 0 Å².